The van der Waals surface area contributed by atoms with Crippen LogP contribution in [0.25, 0.3) is 0 Å². The predicted octanol–water partition coefficient (Wildman–Crippen LogP) is 2.90. The number of hydroxylamine groups is 2. The minimum absolute atomic E-state index is 0.194. The van der Waals surface area contributed by atoms with Crippen LogP contribution in [-0.2, 0) is 4.79 Å². The first-order valence-electron chi connectivity index (χ1n) is 8.05. The van der Waals surface area contributed by atoms with Crippen molar-refractivity contribution in [1.82, 2.24) is 10.4 Å². The summed E-state index contributed by atoms with van der Waals surface area (Å²) >= 11 is 6.30. The van der Waals surface area contributed by atoms with Crippen LogP contribution in [0.4, 0.5) is 4.79 Å². The molecule has 4 atom stereocenters. The molecule has 2 N–H and O–H groups in total. The second-order valence-corrected chi connectivity index (χ2v) is 7.30. The van der Waals surface area contributed by atoms with Crippen LogP contribution in [0.3, 0.4) is 0 Å². The molecule has 0 aromatic carbocycles. The summed E-state index contributed by atoms with van der Waals surface area (Å²) in [5.41, 5.74) is 0. The Labute approximate surface area is 130 Å². The smallest absolute Gasteiger partial charge is 0.332 e. The Bertz CT molecular complexity index is 425. The third-order valence-corrected chi connectivity index (χ3v) is 5.92. The number of amides is 3. The highest BCUT2D eigenvalue weighted by molar-refractivity contribution is 6.22. The van der Waals surface area contributed by atoms with Gasteiger partial charge >= 0.3 is 6.03 Å². The molecule has 3 fully saturated rings. The first kappa shape index (κ1) is 15.1. The van der Waals surface area contributed by atoms with Gasteiger partial charge in [0.05, 0.1) is 5.92 Å². The molecule has 0 bridgehead atoms. The van der Waals surface area contributed by atoms with Gasteiger partial charge in [-0.15, -0.1) is 16.7 Å². The molecule has 1 aliphatic heterocycles. The van der Waals surface area contributed by atoms with E-state index in [1.54, 1.807) is 0 Å². The molecular formula is C15H23ClN2O3. The highest BCUT2D eigenvalue weighted by atomic mass is 35.5. The molecule has 118 valence electrons. The second-order valence-electron chi connectivity index (χ2n) is 6.74. The van der Waals surface area contributed by atoms with Gasteiger partial charge < -0.3 is 5.32 Å². The molecular weight excluding hydrogens is 292 g/mol. The Hall–Kier alpha value is -0.810. The highest BCUT2D eigenvalue weighted by Crippen LogP contribution is 2.41. The van der Waals surface area contributed by atoms with Gasteiger partial charge in [0.2, 0.25) is 0 Å². The van der Waals surface area contributed by atoms with Crippen molar-refractivity contribution in [2.75, 3.05) is 0 Å². The number of urea groups is 1. The lowest BCUT2D eigenvalue weighted by Crippen LogP contribution is -2.64. The van der Waals surface area contributed by atoms with Gasteiger partial charge in [-0.05, 0) is 31.1 Å². The molecule has 3 rings (SSSR count). The zero-order valence-electron chi connectivity index (χ0n) is 12.1. The number of nitrogens with one attached hydrogen (secondary N) is 1. The maximum Gasteiger partial charge on any atom is 0.348 e. The summed E-state index contributed by atoms with van der Waals surface area (Å²) in [7, 11) is 0. The van der Waals surface area contributed by atoms with Crippen LogP contribution in [0.2, 0.25) is 0 Å². The summed E-state index contributed by atoms with van der Waals surface area (Å²) < 4.78 is 0. The van der Waals surface area contributed by atoms with Gasteiger partial charge in [0.25, 0.3) is 5.91 Å². The van der Waals surface area contributed by atoms with Gasteiger partial charge in [0, 0.05) is 11.4 Å². The van der Waals surface area contributed by atoms with Gasteiger partial charge in [-0.3, -0.25) is 10.0 Å². The number of alkyl halides is 1. The highest BCUT2D eigenvalue weighted by Gasteiger charge is 2.50. The molecule has 3 aliphatic rings. The molecule has 4 unspecified atom stereocenters. The summed E-state index contributed by atoms with van der Waals surface area (Å²) in [6.45, 7) is 0. The number of hydrogen-bond donors (Lipinski definition) is 2. The molecule has 0 aromatic rings. The van der Waals surface area contributed by atoms with Crippen molar-refractivity contribution in [2.45, 2.75) is 62.8 Å². The average Bonchev–Trinajstić information content (AvgIpc) is 2.48. The monoisotopic (exact) mass is 314 g/mol. The maximum atomic E-state index is 12.1. The molecule has 21 heavy (non-hydrogen) atoms. The maximum absolute atomic E-state index is 12.1. The van der Waals surface area contributed by atoms with Crippen LogP contribution in [0.5, 0.6) is 0 Å². The number of fused-ring (bicyclic) bond motifs is 1. The third-order valence-electron chi connectivity index (χ3n) is 5.43. The Morgan fingerprint density at radius 3 is 2.57 bits per heavy atom. The zero-order chi connectivity index (χ0) is 15.0. The molecule has 6 heteroatoms. The lowest BCUT2D eigenvalue weighted by molar-refractivity contribution is -0.164. The van der Waals surface area contributed by atoms with E-state index in [-0.39, 0.29) is 16.5 Å². The van der Waals surface area contributed by atoms with E-state index in [2.05, 4.69) is 5.32 Å². The van der Waals surface area contributed by atoms with E-state index in [4.69, 9.17) is 11.6 Å². The molecule has 2 saturated carbocycles. The van der Waals surface area contributed by atoms with Gasteiger partial charge in [-0.2, -0.15) is 0 Å². The Balaban J connectivity index is 1.73. The van der Waals surface area contributed by atoms with Crippen molar-refractivity contribution >= 4 is 23.5 Å². The van der Waals surface area contributed by atoms with Gasteiger partial charge in [0.15, 0.2) is 0 Å². The van der Waals surface area contributed by atoms with E-state index >= 15 is 0 Å². The van der Waals surface area contributed by atoms with Crippen LogP contribution in [0, 0.1) is 17.8 Å². The van der Waals surface area contributed by atoms with Crippen molar-refractivity contribution in [3.63, 3.8) is 0 Å². The van der Waals surface area contributed by atoms with Crippen molar-refractivity contribution < 1.29 is 14.8 Å². The van der Waals surface area contributed by atoms with E-state index in [0.717, 1.165) is 19.3 Å². The quantitative estimate of drug-likeness (QED) is 0.608. The minimum Gasteiger partial charge on any atom is -0.332 e. The fraction of sp³-hybridized carbons (Fsp3) is 0.867. The van der Waals surface area contributed by atoms with Gasteiger partial charge in [-0.1, -0.05) is 32.1 Å². The number of halogens is 1. The minimum atomic E-state index is -0.708. The first-order chi connectivity index (χ1) is 10.1. The second kappa shape index (κ2) is 6.13. The van der Waals surface area contributed by atoms with Crippen LogP contribution in [-0.4, -0.2) is 33.6 Å². The fourth-order valence-electron chi connectivity index (χ4n) is 4.33. The van der Waals surface area contributed by atoms with Crippen molar-refractivity contribution in [1.29, 1.82) is 0 Å². The standard InChI is InChI=1S/C15H23ClN2O3/c16-11-7-6-10(8-9-4-2-1-3-5-9)13-12(11)14(19)18(21)15(20)17-13/h9-13,21H,1-8H2,(H,17,20). The molecule has 0 aromatic heterocycles. The van der Waals surface area contributed by atoms with Crippen molar-refractivity contribution in [3.05, 3.63) is 0 Å². The molecule has 0 radical (unpaired) electrons. The number of nitrogens with zero attached hydrogens (tertiary/aromatic N) is 1. The van der Waals surface area contributed by atoms with Crippen LogP contribution in [0.1, 0.15) is 51.4 Å². The largest absolute Gasteiger partial charge is 0.348 e. The number of carbonyl (C=O) groups is 2. The number of hydrogen-bond acceptors (Lipinski definition) is 3. The van der Waals surface area contributed by atoms with Crippen LogP contribution < -0.4 is 5.32 Å². The van der Waals surface area contributed by atoms with E-state index in [0.29, 0.717) is 11.8 Å². The predicted molar refractivity (Wildman–Crippen MR) is 78.0 cm³/mol. The van der Waals surface area contributed by atoms with E-state index in [1.165, 1.54) is 32.1 Å². The molecule has 3 amide bonds. The normalized spacial score (nSPS) is 38.1. The molecule has 5 nitrogen and oxygen atoms in total. The molecule has 2 aliphatic carbocycles. The Morgan fingerprint density at radius 2 is 1.86 bits per heavy atom. The van der Waals surface area contributed by atoms with Crippen LogP contribution in [0.15, 0.2) is 0 Å². The topological polar surface area (TPSA) is 69.6 Å². The van der Waals surface area contributed by atoms with Crippen molar-refractivity contribution in [3.8, 4) is 0 Å². The fourth-order valence-corrected chi connectivity index (χ4v) is 4.72. The van der Waals surface area contributed by atoms with E-state index in [1.807, 2.05) is 0 Å². The number of rotatable bonds is 2. The number of imide groups is 1. The summed E-state index contributed by atoms with van der Waals surface area (Å²) in [6, 6.07) is -0.924. The lowest BCUT2D eigenvalue weighted by atomic mass is 9.70. The first-order valence-corrected chi connectivity index (χ1v) is 8.49. The summed E-state index contributed by atoms with van der Waals surface area (Å²) in [5.74, 6) is -0.0288. The van der Waals surface area contributed by atoms with Gasteiger partial charge in [-0.25, -0.2) is 4.79 Å². The van der Waals surface area contributed by atoms with Gasteiger partial charge in [0.1, 0.15) is 0 Å². The third kappa shape index (κ3) is 2.90. The zero-order valence-corrected chi connectivity index (χ0v) is 12.9. The average molecular weight is 315 g/mol. The Kier molecular flexibility index (Phi) is 4.41. The number of carbonyl (C=O) groups excluding carboxylic acids is 2. The van der Waals surface area contributed by atoms with E-state index in [9.17, 15) is 14.8 Å². The SMILES string of the molecule is O=C1NC2C(CC3CCCCC3)CCC(Cl)C2C(=O)N1O. The molecule has 1 saturated heterocycles. The lowest BCUT2D eigenvalue weighted by Gasteiger charge is -2.45. The van der Waals surface area contributed by atoms with Crippen LogP contribution >= 0.6 is 11.6 Å². The van der Waals surface area contributed by atoms with E-state index < -0.39 is 17.9 Å². The summed E-state index contributed by atoms with van der Waals surface area (Å²) in [6.07, 6.45) is 9.20. The summed E-state index contributed by atoms with van der Waals surface area (Å²) in [5, 5.41) is 12.2. The summed E-state index contributed by atoms with van der Waals surface area (Å²) in [4.78, 5) is 23.9. The van der Waals surface area contributed by atoms with Crippen molar-refractivity contribution in [2.24, 2.45) is 17.8 Å². The molecule has 1 heterocycles. The Morgan fingerprint density at radius 1 is 1.14 bits per heavy atom. The molecule has 0 spiro atoms.